The second-order valence-electron chi connectivity index (χ2n) is 5.30. The molecule has 3 rings (SSSR count). The summed E-state index contributed by atoms with van der Waals surface area (Å²) in [5, 5.41) is 0. The van der Waals surface area contributed by atoms with E-state index >= 15 is 0 Å². The van der Waals surface area contributed by atoms with Crippen LogP contribution in [0, 0.1) is 23.3 Å². The quantitative estimate of drug-likeness (QED) is 0.474. The minimum atomic E-state index is -1.65. The van der Waals surface area contributed by atoms with Crippen molar-refractivity contribution in [1.82, 2.24) is 0 Å². The van der Waals surface area contributed by atoms with Gasteiger partial charge in [0.2, 0.25) is 9.79 Å². The highest BCUT2D eigenvalue weighted by molar-refractivity contribution is 8.00. The topological polar surface area (TPSA) is 0 Å². The normalized spacial score (nSPS) is 17.5. The van der Waals surface area contributed by atoms with E-state index < -0.39 is 52.6 Å². The molecule has 0 bridgehead atoms. The van der Waals surface area contributed by atoms with E-state index in [0.29, 0.717) is 12.1 Å². The average Bonchev–Trinajstić information content (AvgIpc) is 2.52. The molecule has 0 nitrogen and oxygen atoms in total. The molecule has 130 valence electrons. The van der Waals surface area contributed by atoms with Crippen LogP contribution in [-0.4, -0.2) is 6.17 Å². The van der Waals surface area contributed by atoms with Crippen molar-refractivity contribution >= 4 is 10.9 Å². The zero-order valence-electron chi connectivity index (χ0n) is 12.6. The maximum Gasteiger partial charge on any atom is 0.202 e. The lowest BCUT2D eigenvalue weighted by molar-refractivity contribution is 0.368. The molecule has 2 aromatic rings. The Balaban J connectivity index is 2.22. The van der Waals surface area contributed by atoms with Crippen molar-refractivity contribution < 1.29 is 26.3 Å². The van der Waals surface area contributed by atoms with Crippen LogP contribution in [0.15, 0.2) is 69.1 Å². The Morgan fingerprint density at radius 2 is 1.32 bits per heavy atom. The molecule has 0 aromatic heterocycles. The molecule has 0 saturated carbocycles. The Labute approximate surface area is 142 Å². The first-order valence-corrected chi connectivity index (χ1v) is 8.44. The smallest absolute Gasteiger partial charge is 0.202 e. The summed E-state index contributed by atoms with van der Waals surface area (Å²) in [6.07, 6.45) is 0.116. The van der Waals surface area contributed by atoms with Gasteiger partial charge in [0, 0.05) is 30.7 Å². The number of rotatable bonds is 3. The van der Waals surface area contributed by atoms with E-state index in [0.717, 1.165) is 36.4 Å². The van der Waals surface area contributed by atoms with E-state index in [1.54, 1.807) is 0 Å². The predicted octanol–water partition coefficient (Wildman–Crippen LogP) is 5.76. The van der Waals surface area contributed by atoms with Gasteiger partial charge in [0.25, 0.3) is 0 Å². The van der Waals surface area contributed by atoms with Crippen molar-refractivity contribution in [2.24, 2.45) is 0 Å². The van der Waals surface area contributed by atoms with E-state index in [1.807, 2.05) is 0 Å². The molecule has 0 saturated heterocycles. The Kier molecular flexibility index (Phi) is 4.94. The first-order valence-electron chi connectivity index (χ1n) is 7.22. The van der Waals surface area contributed by atoms with Gasteiger partial charge in [-0.25, -0.2) is 26.3 Å². The minimum Gasteiger partial charge on any atom is -0.242 e. The van der Waals surface area contributed by atoms with Gasteiger partial charge in [0.05, 0.1) is 0 Å². The lowest BCUT2D eigenvalue weighted by Gasteiger charge is -2.14. The van der Waals surface area contributed by atoms with Crippen LogP contribution in [0.3, 0.4) is 0 Å². The van der Waals surface area contributed by atoms with Crippen LogP contribution in [0.4, 0.5) is 26.3 Å². The van der Waals surface area contributed by atoms with E-state index in [4.69, 9.17) is 0 Å². The molecular formula is C18H11F6S+. The summed E-state index contributed by atoms with van der Waals surface area (Å²) in [5.41, 5.74) is 0. The highest BCUT2D eigenvalue weighted by atomic mass is 32.2. The van der Waals surface area contributed by atoms with Gasteiger partial charge in [-0.15, -0.1) is 0 Å². The molecule has 1 atom stereocenters. The zero-order valence-corrected chi connectivity index (χ0v) is 13.4. The molecular weight excluding hydrogens is 362 g/mol. The molecule has 1 aliphatic carbocycles. The number of alkyl halides is 1. The third kappa shape index (κ3) is 3.61. The van der Waals surface area contributed by atoms with Gasteiger partial charge in [-0.3, -0.25) is 0 Å². The van der Waals surface area contributed by atoms with Crippen molar-refractivity contribution in [3.8, 4) is 0 Å². The molecule has 25 heavy (non-hydrogen) atoms. The lowest BCUT2D eigenvalue weighted by atomic mass is 10.1. The van der Waals surface area contributed by atoms with E-state index in [-0.39, 0.29) is 14.7 Å². The predicted molar refractivity (Wildman–Crippen MR) is 83.4 cm³/mol. The van der Waals surface area contributed by atoms with Crippen LogP contribution in [-0.2, 0) is 10.9 Å². The molecule has 0 heterocycles. The molecule has 7 heteroatoms. The van der Waals surface area contributed by atoms with Gasteiger partial charge in [-0.1, -0.05) is 0 Å². The highest BCUT2D eigenvalue weighted by Crippen LogP contribution is 2.39. The van der Waals surface area contributed by atoms with E-state index in [9.17, 15) is 26.3 Å². The van der Waals surface area contributed by atoms with Crippen LogP contribution in [0.1, 0.15) is 6.42 Å². The van der Waals surface area contributed by atoms with E-state index in [2.05, 4.69) is 0 Å². The molecule has 0 aliphatic heterocycles. The van der Waals surface area contributed by atoms with Crippen LogP contribution in [0.25, 0.3) is 0 Å². The van der Waals surface area contributed by atoms with Crippen LogP contribution in [0.2, 0.25) is 0 Å². The van der Waals surface area contributed by atoms with Crippen molar-refractivity contribution in [3.63, 3.8) is 0 Å². The largest absolute Gasteiger partial charge is 0.242 e. The molecule has 1 unspecified atom stereocenters. The summed E-state index contributed by atoms with van der Waals surface area (Å²) in [5.74, 6) is -4.54. The Hall–Kier alpha value is -2.15. The number of hydrogen-bond acceptors (Lipinski definition) is 0. The average molecular weight is 373 g/mol. The SMILES string of the molecule is FC1=C([S+](c2ccc(F)cc2F)c2ccc(F)cc2F)C=CC(F)C1. The Bertz CT molecular complexity index is 822. The van der Waals surface area contributed by atoms with Gasteiger partial charge < -0.3 is 0 Å². The monoisotopic (exact) mass is 373 g/mol. The summed E-state index contributed by atoms with van der Waals surface area (Å²) in [7, 11) is -1.65. The summed E-state index contributed by atoms with van der Waals surface area (Å²) >= 11 is 0. The van der Waals surface area contributed by atoms with Crippen molar-refractivity contribution in [1.29, 1.82) is 0 Å². The van der Waals surface area contributed by atoms with Crippen LogP contribution in [0.5, 0.6) is 0 Å². The first kappa shape index (κ1) is 17.7. The summed E-state index contributed by atoms with van der Waals surface area (Å²) in [6, 6.07) is 5.27. The van der Waals surface area contributed by atoms with Crippen molar-refractivity contribution in [2.45, 2.75) is 22.4 Å². The fourth-order valence-electron chi connectivity index (χ4n) is 2.44. The summed E-state index contributed by atoms with van der Waals surface area (Å²) in [6.45, 7) is 0. The van der Waals surface area contributed by atoms with Gasteiger partial charge in [-0.05, 0) is 24.3 Å². The third-order valence-corrected chi connectivity index (χ3v) is 5.88. The van der Waals surface area contributed by atoms with Gasteiger partial charge in [0.15, 0.2) is 22.4 Å². The molecule has 0 radical (unpaired) electrons. The summed E-state index contributed by atoms with van der Waals surface area (Å²) < 4.78 is 82.7. The molecule has 2 aromatic carbocycles. The summed E-state index contributed by atoms with van der Waals surface area (Å²) in [4.78, 5) is -0.456. The maximum atomic E-state index is 14.3. The molecule has 0 fully saturated rings. The molecule has 0 spiro atoms. The van der Waals surface area contributed by atoms with Gasteiger partial charge in [-0.2, -0.15) is 0 Å². The van der Waals surface area contributed by atoms with E-state index in [1.165, 1.54) is 0 Å². The van der Waals surface area contributed by atoms with Crippen LogP contribution >= 0.6 is 0 Å². The first-order chi connectivity index (χ1) is 11.9. The lowest BCUT2D eigenvalue weighted by Crippen LogP contribution is -2.15. The van der Waals surface area contributed by atoms with Gasteiger partial charge >= 0.3 is 0 Å². The van der Waals surface area contributed by atoms with Crippen LogP contribution < -0.4 is 0 Å². The minimum absolute atomic E-state index is 0.120. The van der Waals surface area contributed by atoms with Crippen molar-refractivity contribution in [2.75, 3.05) is 0 Å². The second kappa shape index (κ2) is 7.00. The number of hydrogen-bond donors (Lipinski definition) is 0. The Morgan fingerprint density at radius 3 is 1.76 bits per heavy atom. The number of benzene rings is 2. The fraction of sp³-hybridized carbons (Fsp3) is 0.111. The fourth-order valence-corrected chi connectivity index (χ4v) is 4.58. The third-order valence-electron chi connectivity index (χ3n) is 3.55. The molecule has 1 aliphatic rings. The maximum absolute atomic E-state index is 14.3. The Morgan fingerprint density at radius 1 is 0.800 bits per heavy atom. The number of allylic oxidation sites excluding steroid dienone is 3. The molecule has 0 amide bonds. The molecule has 0 N–H and O–H groups in total. The zero-order chi connectivity index (χ0) is 18.1. The standard InChI is InChI=1S/C18H11F6S/c19-10-1-4-16(13(22)7-10)25(17-5-2-11(20)8-14(17)23)18-6-3-12(21)9-15(18)24/h1-8,12H,9H2/q+1. The van der Waals surface area contributed by atoms with Crippen molar-refractivity contribution in [3.05, 3.63) is 82.6 Å². The highest BCUT2D eigenvalue weighted by Gasteiger charge is 2.39. The number of halogens is 6. The van der Waals surface area contributed by atoms with Gasteiger partial charge in [0.1, 0.15) is 28.7 Å². The second-order valence-corrected chi connectivity index (χ2v) is 7.24.